The van der Waals surface area contributed by atoms with Gasteiger partial charge in [0.15, 0.2) is 0 Å². The first-order valence-electron chi connectivity index (χ1n) is 7.90. The Morgan fingerprint density at radius 3 is 2.29 bits per heavy atom. The Balaban J connectivity index is 2.38. The molecule has 2 amide bonds. The lowest BCUT2D eigenvalue weighted by Gasteiger charge is -2.28. The average Bonchev–Trinajstić information content (AvgIpc) is 2.99. The minimum Gasteiger partial charge on any atom is -0.481 e. The van der Waals surface area contributed by atoms with Gasteiger partial charge in [-0.15, -0.1) is 0 Å². The third-order valence-electron chi connectivity index (χ3n) is 4.68. The van der Waals surface area contributed by atoms with Crippen LogP contribution in [0.4, 0.5) is 4.79 Å². The molecular formula is C15H29N3O3. The maximum atomic E-state index is 12.1. The van der Waals surface area contributed by atoms with Crippen LogP contribution in [0, 0.1) is 5.41 Å². The fraction of sp³-hybridized carbons (Fsp3) is 0.867. The molecule has 122 valence electrons. The Labute approximate surface area is 127 Å². The fourth-order valence-corrected chi connectivity index (χ4v) is 2.66. The molecule has 6 nitrogen and oxygen atoms in total. The summed E-state index contributed by atoms with van der Waals surface area (Å²) in [5, 5.41) is 12.1. The molecule has 0 aromatic rings. The smallest absolute Gasteiger partial charge is 0.317 e. The van der Waals surface area contributed by atoms with Gasteiger partial charge in [-0.3, -0.25) is 4.79 Å². The molecule has 1 aliphatic heterocycles. The zero-order chi connectivity index (χ0) is 15.9. The molecule has 0 aromatic heterocycles. The van der Waals surface area contributed by atoms with Crippen molar-refractivity contribution in [2.45, 2.75) is 39.5 Å². The van der Waals surface area contributed by atoms with Crippen molar-refractivity contribution in [3.05, 3.63) is 0 Å². The first-order chi connectivity index (χ1) is 9.95. The van der Waals surface area contributed by atoms with Crippen LogP contribution in [0.5, 0.6) is 0 Å². The van der Waals surface area contributed by atoms with Crippen LogP contribution in [0.1, 0.15) is 39.5 Å². The van der Waals surface area contributed by atoms with Gasteiger partial charge in [-0.05, 0) is 38.8 Å². The molecule has 1 heterocycles. The summed E-state index contributed by atoms with van der Waals surface area (Å²) in [4.78, 5) is 27.4. The number of nitrogens with one attached hydrogen (secondary N) is 1. The van der Waals surface area contributed by atoms with Crippen LogP contribution in [0.3, 0.4) is 0 Å². The van der Waals surface area contributed by atoms with Crippen molar-refractivity contribution in [2.75, 3.05) is 39.8 Å². The van der Waals surface area contributed by atoms with Gasteiger partial charge in [0.1, 0.15) is 0 Å². The minimum absolute atomic E-state index is 0.183. The number of rotatable bonds is 8. The largest absolute Gasteiger partial charge is 0.481 e. The second kappa shape index (κ2) is 8.22. The molecule has 0 saturated carbocycles. The van der Waals surface area contributed by atoms with Gasteiger partial charge in [-0.2, -0.15) is 0 Å². The number of carbonyl (C=O) groups is 2. The third kappa shape index (κ3) is 4.88. The zero-order valence-corrected chi connectivity index (χ0v) is 13.5. The molecular weight excluding hydrogens is 270 g/mol. The number of aliphatic carboxylic acids is 1. The number of hydrogen-bond donors (Lipinski definition) is 2. The van der Waals surface area contributed by atoms with Crippen molar-refractivity contribution in [1.29, 1.82) is 0 Å². The molecule has 1 fully saturated rings. The van der Waals surface area contributed by atoms with E-state index in [0.717, 1.165) is 19.6 Å². The van der Waals surface area contributed by atoms with E-state index in [1.54, 1.807) is 11.9 Å². The van der Waals surface area contributed by atoms with E-state index in [4.69, 9.17) is 0 Å². The van der Waals surface area contributed by atoms with Gasteiger partial charge in [-0.1, -0.05) is 13.8 Å². The Morgan fingerprint density at radius 1 is 1.24 bits per heavy atom. The molecule has 21 heavy (non-hydrogen) atoms. The monoisotopic (exact) mass is 299 g/mol. The number of urea groups is 1. The first kappa shape index (κ1) is 17.8. The molecule has 0 spiro atoms. The summed E-state index contributed by atoms with van der Waals surface area (Å²) < 4.78 is 0. The summed E-state index contributed by atoms with van der Waals surface area (Å²) in [6, 6.07) is -0.193. The van der Waals surface area contributed by atoms with E-state index in [-0.39, 0.29) is 12.6 Å². The van der Waals surface area contributed by atoms with Gasteiger partial charge < -0.3 is 20.2 Å². The van der Waals surface area contributed by atoms with E-state index in [1.807, 2.05) is 13.8 Å². The first-order valence-corrected chi connectivity index (χ1v) is 7.90. The Kier molecular flexibility index (Phi) is 6.95. The lowest BCUT2D eigenvalue weighted by atomic mass is 9.82. The van der Waals surface area contributed by atoms with E-state index in [0.29, 0.717) is 19.4 Å². The second-order valence-electron chi connectivity index (χ2n) is 5.92. The summed E-state index contributed by atoms with van der Waals surface area (Å²) >= 11 is 0. The van der Waals surface area contributed by atoms with Gasteiger partial charge in [-0.25, -0.2) is 4.79 Å². The quantitative estimate of drug-likeness (QED) is 0.714. The van der Waals surface area contributed by atoms with Crippen molar-refractivity contribution >= 4 is 12.0 Å². The lowest BCUT2D eigenvalue weighted by molar-refractivity contribution is -0.149. The molecule has 0 atom stereocenters. The molecule has 0 aromatic carbocycles. The van der Waals surface area contributed by atoms with Gasteiger partial charge in [0.25, 0.3) is 0 Å². The van der Waals surface area contributed by atoms with E-state index >= 15 is 0 Å². The van der Waals surface area contributed by atoms with E-state index in [2.05, 4.69) is 10.2 Å². The van der Waals surface area contributed by atoms with E-state index in [1.165, 1.54) is 12.8 Å². The molecule has 1 saturated heterocycles. The Hall–Kier alpha value is -1.30. The van der Waals surface area contributed by atoms with Crippen LogP contribution in [0.15, 0.2) is 0 Å². The molecule has 1 aliphatic rings. The predicted molar refractivity (Wildman–Crippen MR) is 82.4 cm³/mol. The van der Waals surface area contributed by atoms with Crippen LogP contribution in [-0.4, -0.2) is 66.7 Å². The van der Waals surface area contributed by atoms with E-state index < -0.39 is 11.4 Å². The summed E-state index contributed by atoms with van der Waals surface area (Å²) in [5.74, 6) is -0.840. The highest BCUT2D eigenvalue weighted by Gasteiger charge is 2.35. The summed E-state index contributed by atoms with van der Waals surface area (Å²) in [6.07, 6.45) is 3.50. The maximum absolute atomic E-state index is 12.1. The average molecular weight is 299 g/mol. The third-order valence-corrected chi connectivity index (χ3v) is 4.68. The number of carboxylic acid groups (broad SMARTS) is 1. The van der Waals surface area contributed by atoms with E-state index in [9.17, 15) is 14.7 Å². The minimum atomic E-state index is -0.856. The van der Waals surface area contributed by atoms with Crippen LogP contribution in [-0.2, 0) is 4.79 Å². The summed E-state index contributed by atoms with van der Waals surface area (Å²) in [7, 11) is 1.76. The Bertz CT molecular complexity index is 350. The molecule has 6 heteroatoms. The number of likely N-dealkylation sites (tertiary alicyclic amines) is 1. The number of carboxylic acids is 1. The second-order valence-corrected chi connectivity index (χ2v) is 5.92. The molecule has 0 radical (unpaired) electrons. The normalized spacial score (nSPS) is 16.0. The van der Waals surface area contributed by atoms with Crippen molar-refractivity contribution in [2.24, 2.45) is 5.41 Å². The van der Waals surface area contributed by atoms with Crippen LogP contribution in [0.2, 0.25) is 0 Å². The Morgan fingerprint density at radius 2 is 1.81 bits per heavy atom. The highest BCUT2D eigenvalue weighted by Crippen LogP contribution is 2.25. The van der Waals surface area contributed by atoms with Crippen LogP contribution >= 0.6 is 0 Å². The molecule has 0 bridgehead atoms. The number of amides is 2. The van der Waals surface area contributed by atoms with Gasteiger partial charge in [0.2, 0.25) is 0 Å². The van der Waals surface area contributed by atoms with Gasteiger partial charge >= 0.3 is 12.0 Å². The van der Waals surface area contributed by atoms with Crippen LogP contribution < -0.4 is 5.32 Å². The predicted octanol–water partition coefficient (Wildman–Crippen LogP) is 1.61. The van der Waals surface area contributed by atoms with Crippen molar-refractivity contribution in [1.82, 2.24) is 15.1 Å². The topological polar surface area (TPSA) is 72.9 Å². The zero-order valence-electron chi connectivity index (χ0n) is 13.5. The summed E-state index contributed by atoms with van der Waals surface area (Å²) in [5.41, 5.74) is -0.856. The number of carbonyl (C=O) groups excluding carboxylic acids is 1. The number of likely N-dealkylation sites (N-methyl/N-ethyl adjacent to an activating group) is 1. The molecule has 0 aliphatic carbocycles. The highest BCUT2D eigenvalue weighted by molar-refractivity contribution is 5.78. The standard InChI is InChI=1S/C15H29N3O3/c1-4-15(5-2,13(19)20)12-16-14(21)17(3)10-11-18-8-6-7-9-18/h4-12H2,1-3H3,(H,16,21)(H,19,20). The number of hydrogen-bond acceptors (Lipinski definition) is 3. The van der Waals surface area contributed by atoms with Crippen molar-refractivity contribution in [3.63, 3.8) is 0 Å². The SMILES string of the molecule is CCC(CC)(CNC(=O)N(C)CCN1CCCC1)C(=O)O. The molecule has 2 N–H and O–H groups in total. The van der Waals surface area contributed by atoms with Crippen LogP contribution in [0.25, 0.3) is 0 Å². The van der Waals surface area contributed by atoms with Crippen molar-refractivity contribution < 1.29 is 14.7 Å². The summed E-state index contributed by atoms with van der Waals surface area (Å²) in [6.45, 7) is 7.66. The maximum Gasteiger partial charge on any atom is 0.317 e. The fourth-order valence-electron chi connectivity index (χ4n) is 2.66. The highest BCUT2D eigenvalue weighted by atomic mass is 16.4. The lowest BCUT2D eigenvalue weighted by Crippen LogP contribution is -2.47. The van der Waals surface area contributed by atoms with Crippen molar-refractivity contribution in [3.8, 4) is 0 Å². The van der Waals surface area contributed by atoms with Gasteiger partial charge in [0, 0.05) is 26.7 Å². The number of nitrogens with zero attached hydrogens (tertiary/aromatic N) is 2. The molecule has 1 rings (SSSR count). The molecule has 0 unspecified atom stereocenters. The van der Waals surface area contributed by atoms with Gasteiger partial charge in [0.05, 0.1) is 5.41 Å².